The summed E-state index contributed by atoms with van der Waals surface area (Å²) in [6, 6.07) is 14.2. The van der Waals surface area contributed by atoms with E-state index in [1.54, 1.807) is 36.7 Å². The highest BCUT2D eigenvalue weighted by atomic mass is 32.2. The number of fused-ring (bicyclic) bond motifs is 1. The molecule has 0 saturated carbocycles. The van der Waals surface area contributed by atoms with Crippen LogP contribution in [0.15, 0.2) is 71.9 Å². The molecular weight excluding hydrogens is 496 g/mol. The number of urea groups is 1. The minimum absolute atomic E-state index is 0.0347. The van der Waals surface area contributed by atoms with Gasteiger partial charge >= 0.3 is 16.1 Å². The fraction of sp³-hybridized carbons (Fsp3) is 0.240. The quantitative estimate of drug-likeness (QED) is 0.244. The van der Waals surface area contributed by atoms with Crippen LogP contribution in [0.5, 0.6) is 5.75 Å². The van der Waals surface area contributed by atoms with Crippen LogP contribution < -0.4 is 20.1 Å². The second-order valence-electron chi connectivity index (χ2n) is 8.51. The Hall–Kier alpha value is -4.16. The third-order valence-corrected chi connectivity index (χ3v) is 7.03. The van der Waals surface area contributed by atoms with Crippen molar-refractivity contribution in [1.82, 2.24) is 20.3 Å². The Labute approximate surface area is 213 Å². The summed E-state index contributed by atoms with van der Waals surface area (Å²) in [5.41, 5.74) is 2.70. The number of nitrogens with zero attached hydrogens (tertiary/aromatic N) is 2. The predicted octanol–water partition coefficient (Wildman–Crippen LogP) is 3.64. The van der Waals surface area contributed by atoms with Crippen LogP contribution in [0.3, 0.4) is 0 Å². The van der Waals surface area contributed by atoms with Crippen LogP contribution in [0.2, 0.25) is 0 Å². The molecule has 0 bridgehead atoms. The Bertz CT molecular complexity index is 1470. The molecule has 12 heteroatoms. The van der Waals surface area contributed by atoms with E-state index < -0.39 is 16.1 Å². The van der Waals surface area contributed by atoms with Crippen LogP contribution in [0.4, 0.5) is 16.4 Å². The number of pyridine rings is 1. The van der Waals surface area contributed by atoms with E-state index in [1.165, 1.54) is 24.3 Å². The van der Waals surface area contributed by atoms with Gasteiger partial charge in [-0.25, -0.2) is 9.78 Å². The number of aromatic nitrogens is 3. The van der Waals surface area contributed by atoms with E-state index >= 15 is 0 Å². The van der Waals surface area contributed by atoms with Gasteiger partial charge in [-0.05, 0) is 60.9 Å². The number of H-pyrrole nitrogens is 1. The van der Waals surface area contributed by atoms with E-state index in [0.717, 1.165) is 30.7 Å². The number of carbonyl (C=O) groups is 1. The highest BCUT2D eigenvalue weighted by molar-refractivity contribution is 7.87. The lowest BCUT2D eigenvalue weighted by molar-refractivity contribution is 0.120. The summed E-state index contributed by atoms with van der Waals surface area (Å²) in [4.78, 5) is 23.5. The number of imidazole rings is 1. The van der Waals surface area contributed by atoms with Crippen molar-refractivity contribution in [2.24, 2.45) is 0 Å². The van der Waals surface area contributed by atoms with Gasteiger partial charge in [-0.2, -0.15) is 8.42 Å². The van der Waals surface area contributed by atoms with Crippen molar-refractivity contribution in [2.75, 3.05) is 23.8 Å². The highest BCUT2D eigenvalue weighted by Crippen LogP contribution is 2.25. The maximum Gasteiger partial charge on any atom is 0.339 e. The zero-order valence-electron chi connectivity index (χ0n) is 19.8. The van der Waals surface area contributed by atoms with E-state index in [-0.39, 0.29) is 22.7 Å². The standard InChI is InChI=1S/C25H26N6O5S/c32-25(28-15-17-3-1-11-26-14-17)31-24-29-22-10-7-19(13-23(22)30-24)36-37(33,34)21-8-5-18(6-9-21)27-16-20-4-2-12-35-20/h1,3,5-11,13-14,20,27H,2,4,12,15-16H2,(H3,28,29,30,31,32). The molecule has 0 spiro atoms. The molecule has 1 atom stereocenters. The average Bonchev–Trinajstić information content (AvgIpc) is 3.56. The van der Waals surface area contributed by atoms with Crippen LogP contribution in [0.1, 0.15) is 18.4 Å². The molecule has 192 valence electrons. The van der Waals surface area contributed by atoms with E-state index in [4.69, 9.17) is 8.92 Å². The number of hydrogen-bond acceptors (Lipinski definition) is 8. The first-order valence-corrected chi connectivity index (χ1v) is 13.2. The summed E-state index contributed by atoms with van der Waals surface area (Å²) in [5, 5.41) is 8.59. The number of nitrogens with one attached hydrogen (secondary N) is 4. The van der Waals surface area contributed by atoms with Crippen LogP contribution in [-0.4, -0.2) is 48.7 Å². The smallest absolute Gasteiger partial charge is 0.339 e. The number of benzene rings is 2. The Balaban J connectivity index is 1.19. The van der Waals surface area contributed by atoms with Crippen molar-refractivity contribution >= 4 is 38.8 Å². The average molecular weight is 523 g/mol. The molecule has 0 radical (unpaired) electrons. The van der Waals surface area contributed by atoms with Gasteiger partial charge in [-0.3, -0.25) is 10.3 Å². The molecule has 2 amide bonds. The van der Waals surface area contributed by atoms with Gasteiger partial charge in [0.25, 0.3) is 0 Å². The minimum atomic E-state index is -4.05. The predicted molar refractivity (Wildman–Crippen MR) is 138 cm³/mol. The lowest BCUT2D eigenvalue weighted by atomic mass is 10.2. The van der Waals surface area contributed by atoms with Crippen molar-refractivity contribution in [3.8, 4) is 5.75 Å². The van der Waals surface area contributed by atoms with Gasteiger partial charge in [0.15, 0.2) is 0 Å². The van der Waals surface area contributed by atoms with Gasteiger partial charge in [-0.15, -0.1) is 0 Å². The van der Waals surface area contributed by atoms with Gasteiger partial charge in [0, 0.05) is 43.8 Å². The summed E-state index contributed by atoms with van der Waals surface area (Å²) < 4.78 is 36.5. The zero-order valence-corrected chi connectivity index (χ0v) is 20.6. The largest absolute Gasteiger partial charge is 0.382 e. The summed E-state index contributed by atoms with van der Waals surface area (Å²) in [6.07, 6.45) is 5.58. The van der Waals surface area contributed by atoms with Gasteiger partial charge < -0.3 is 24.5 Å². The number of rotatable bonds is 9. The van der Waals surface area contributed by atoms with Gasteiger partial charge in [0.05, 0.1) is 17.1 Å². The monoisotopic (exact) mass is 522 g/mol. The molecular formula is C25H26N6O5S. The number of anilines is 2. The highest BCUT2D eigenvalue weighted by Gasteiger charge is 2.18. The summed E-state index contributed by atoms with van der Waals surface area (Å²) in [6.45, 7) is 1.77. The number of hydrogen-bond donors (Lipinski definition) is 4. The first-order valence-electron chi connectivity index (χ1n) is 11.8. The number of aromatic amines is 1. The summed E-state index contributed by atoms with van der Waals surface area (Å²) >= 11 is 0. The molecule has 2 aromatic carbocycles. The van der Waals surface area contributed by atoms with Crippen LogP contribution in [0.25, 0.3) is 11.0 Å². The summed E-state index contributed by atoms with van der Waals surface area (Å²) in [5.74, 6) is 0.328. The third-order valence-electron chi connectivity index (χ3n) is 5.77. The minimum Gasteiger partial charge on any atom is -0.382 e. The van der Waals surface area contributed by atoms with E-state index in [9.17, 15) is 13.2 Å². The van der Waals surface area contributed by atoms with Crippen molar-refractivity contribution in [3.05, 3.63) is 72.6 Å². The third kappa shape index (κ3) is 6.35. The van der Waals surface area contributed by atoms with E-state index in [1.807, 2.05) is 6.07 Å². The molecule has 1 aliphatic rings. The SMILES string of the molecule is O=C(NCc1cccnc1)Nc1nc2ccc(OS(=O)(=O)c3ccc(NCC4CCCO4)cc3)cc2[nH]1. The second-order valence-corrected chi connectivity index (χ2v) is 10.1. The lowest BCUT2D eigenvalue weighted by Gasteiger charge is -2.12. The van der Waals surface area contributed by atoms with Crippen molar-refractivity contribution in [3.63, 3.8) is 0 Å². The van der Waals surface area contributed by atoms with E-state index in [0.29, 0.717) is 24.1 Å². The molecule has 5 rings (SSSR count). The van der Waals surface area contributed by atoms with Gasteiger partial charge in [0.2, 0.25) is 5.95 Å². The normalized spacial score (nSPS) is 15.4. The van der Waals surface area contributed by atoms with Gasteiger partial charge in [0.1, 0.15) is 10.6 Å². The molecule has 4 aromatic rings. The molecule has 2 aromatic heterocycles. The molecule has 11 nitrogen and oxygen atoms in total. The zero-order chi connectivity index (χ0) is 25.7. The first-order chi connectivity index (χ1) is 17.9. The molecule has 0 aliphatic carbocycles. The van der Waals surface area contributed by atoms with Crippen LogP contribution in [0, 0.1) is 0 Å². The van der Waals surface area contributed by atoms with Crippen molar-refractivity contribution in [2.45, 2.75) is 30.4 Å². The fourth-order valence-electron chi connectivity index (χ4n) is 3.89. The number of amides is 2. The van der Waals surface area contributed by atoms with Crippen molar-refractivity contribution < 1.29 is 22.1 Å². The Morgan fingerprint density at radius 3 is 2.78 bits per heavy atom. The van der Waals surface area contributed by atoms with Crippen LogP contribution >= 0.6 is 0 Å². The molecule has 37 heavy (non-hydrogen) atoms. The summed E-state index contributed by atoms with van der Waals surface area (Å²) in [7, 11) is -4.05. The second kappa shape index (κ2) is 10.8. The number of carbonyl (C=O) groups excluding carboxylic acids is 1. The molecule has 1 unspecified atom stereocenters. The first kappa shape index (κ1) is 24.5. The Morgan fingerprint density at radius 2 is 2.03 bits per heavy atom. The lowest BCUT2D eigenvalue weighted by Crippen LogP contribution is -2.28. The topological polar surface area (TPSA) is 147 Å². The number of ether oxygens (including phenoxy) is 1. The fourth-order valence-corrected chi connectivity index (χ4v) is 4.81. The van der Waals surface area contributed by atoms with Gasteiger partial charge in [-0.1, -0.05) is 6.07 Å². The molecule has 4 N–H and O–H groups in total. The maximum atomic E-state index is 12.8. The Kier molecular flexibility index (Phi) is 7.19. The Morgan fingerprint density at radius 1 is 1.16 bits per heavy atom. The van der Waals surface area contributed by atoms with Crippen LogP contribution in [-0.2, 0) is 21.4 Å². The molecule has 3 heterocycles. The van der Waals surface area contributed by atoms with Crippen molar-refractivity contribution in [1.29, 1.82) is 0 Å². The molecule has 1 saturated heterocycles. The molecule has 1 aliphatic heterocycles. The molecule has 1 fully saturated rings. The maximum absolute atomic E-state index is 12.8. The van der Waals surface area contributed by atoms with E-state index in [2.05, 4.69) is 30.9 Å².